The van der Waals surface area contributed by atoms with Crippen LogP contribution < -0.4 is 5.32 Å². The van der Waals surface area contributed by atoms with Crippen LogP contribution in [0.2, 0.25) is 0 Å². The Morgan fingerprint density at radius 3 is 2.39 bits per heavy atom. The number of hydrogen-bond donors (Lipinski definition) is 1. The van der Waals surface area contributed by atoms with Crippen LogP contribution in [0.3, 0.4) is 0 Å². The van der Waals surface area contributed by atoms with Gasteiger partial charge in [-0.15, -0.1) is 0 Å². The lowest BCUT2D eigenvalue weighted by Gasteiger charge is -2.34. The number of aryl methyl sites for hydroxylation is 1. The van der Waals surface area contributed by atoms with Gasteiger partial charge in [-0.3, -0.25) is 9.59 Å². The van der Waals surface area contributed by atoms with E-state index >= 15 is 0 Å². The minimum Gasteiger partial charge on any atom is -0.376 e. The van der Waals surface area contributed by atoms with Crippen molar-refractivity contribution in [2.24, 2.45) is 5.92 Å². The van der Waals surface area contributed by atoms with E-state index in [-0.39, 0.29) is 17.9 Å². The average molecular weight is 449 g/mol. The average Bonchev–Trinajstić information content (AvgIpc) is 3.53. The summed E-state index contributed by atoms with van der Waals surface area (Å²) in [5.41, 5.74) is 2.97. The fourth-order valence-electron chi connectivity index (χ4n) is 5.03. The first kappa shape index (κ1) is 23.5. The molecule has 5 heteroatoms. The van der Waals surface area contributed by atoms with Crippen molar-refractivity contribution >= 4 is 11.8 Å². The fourth-order valence-corrected chi connectivity index (χ4v) is 5.03. The molecule has 2 aromatic carbocycles. The van der Waals surface area contributed by atoms with Crippen LogP contribution in [0.4, 0.5) is 0 Å². The van der Waals surface area contributed by atoms with Crippen LogP contribution in [0.1, 0.15) is 61.3 Å². The number of ether oxygens (including phenoxy) is 1. The third-order valence-corrected chi connectivity index (χ3v) is 6.93. The lowest BCUT2D eigenvalue weighted by atomic mass is 9.98. The third-order valence-electron chi connectivity index (χ3n) is 6.93. The van der Waals surface area contributed by atoms with E-state index in [0.717, 1.165) is 49.0 Å². The van der Waals surface area contributed by atoms with E-state index in [9.17, 15) is 9.59 Å². The Kier molecular flexibility index (Phi) is 8.16. The van der Waals surface area contributed by atoms with Crippen LogP contribution in [-0.4, -0.2) is 42.5 Å². The Balaban J connectivity index is 1.60. The molecule has 2 aromatic rings. The molecule has 1 N–H and O–H groups in total. The Bertz CT molecular complexity index is 900. The minimum atomic E-state index is -0.635. The van der Waals surface area contributed by atoms with Crippen LogP contribution in [0, 0.1) is 12.8 Å². The number of rotatable bonds is 9. The van der Waals surface area contributed by atoms with E-state index in [1.54, 1.807) is 0 Å². The molecule has 1 aliphatic heterocycles. The zero-order chi connectivity index (χ0) is 23.0. The first-order valence-electron chi connectivity index (χ1n) is 12.4. The van der Waals surface area contributed by atoms with Crippen LogP contribution >= 0.6 is 0 Å². The molecule has 2 fully saturated rings. The normalized spacial score (nSPS) is 19.4. The molecule has 0 spiro atoms. The second-order valence-corrected chi connectivity index (χ2v) is 9.55. The fraction of sp³-hybridized carbons (Fsp3) is 0.500. The number of carbonyl (C=O) groups excluding carboxylic acids is 2. The molecule has 2 atom stereocenters. The quantitative estimate of drug-likeness (QED) is 0.610. The molecule has 4 rings (SSSR count). The topological polar surface area (TPSA) is 58.6 Å². The maximum absolute atomic E-state index is 13.7. The van der Waals surface area contributed by atoms with Crippen LogP contribution in [0.5, 0.6) is 0 Å². The molecular formula is C28H36N2O3. The largest absolute Gasteiger partial charge is 0.376 e. The van der Waals surface area contributed by atoms with Gasteiger partial charge in [-0.05, 0) is 49.7 Å². The first-order valence-corrected chi connectivity index (χ1v) is 12.4. The van der Waals surface area contributed by atoms with Crippen LogP contribution in [0.15, 0.2) is 54.6 Å². The van der Waals surface area contributed by atoms with Gasteiger partial charge in [0.2, 0.25) is 11.8 Å². The van der Waals surface area contributed by atoms with Gasteiger partial charge in [0, 0.05) is 19.7 Å². The Hall–Kier alpha value is -2.66. The highest BCUT2D eigenvalue weighted by Crippen LogP contribution is 2.30. The Morgan fingerprint density at radius 1 is 1.00 bits per heavy atom. The third kappa shape index (κ3) is 6.44. The van der Waals surface area contributed by atoms with Crippen molar-refractivity contribution in [3.8, 4) is 0 Å². The van der Waals surface area contributed by atoms with Gasteiger partial charge in [0.15, 0.2) is 0 Å². The van der Waals surface area contributed by atoms with Gasteiger partial charge in [0.25, 0.3) is 0 Å². The summed E-state index contributed by atoms with van der Waals surface area (Å²) in [4.78, 5) is 29.1. The second-order valence-electron chi connectivity index (χ2n) is 9.55. The number of nitrogens with zero attached hydrogens (tertiary/aromatic N) is 1. The van der Waals surface area contributed by atoms with Crippen molar-refractivity contribution in [3.63, 3.8) is 0 Å². The van der Waals surface area contributed by atoms with Gasteiger partial charge in [0.1, 0.15) is 6.04 Å². The molecule has 0 aromatic heterocycles. The van der Waals surface area contributed by atoms with Gasteiger partial charge in [-0.25, -0.2) is 0 Å². The molecule has 2 amide bonds. The van der Waals surface area contributed by atoms with Crippen molar-refractivity contribution in [1.82, 2.24) is 10.2 Å². The molecule has 0 radical (unpaired) electrons. The zero-order valence-electron chi connectivity index (χ0n) is 19.7. The van der Waals surface area contributed by atoms with Gasteiger partial charge < -0.3 is 15.0 Å². The molecule has 1 saturated heterocycles. The maximum atomic E-state index is 13.7. The van der Waals surface area contributed by atoms with Crippen LogP contribution in [0.25, 0.3) is 0 Å². The summed E-state index contributed by atoms with van der Waals surface area (Å²) in [6, 6.07) is 17.2. The smallest absolute Gasteiger partial charge is 0.247 e. The molecule has 5 nitrogen and oxygen atoms in total. The molecule has 2 unspecified atom stereocenters. The summed E-state index contributed by atoms with van der Waals surface area (Å²) >= 11 is 0. The number of benzene rings is 2. The monoisotopic (exact) mass is 448 g/mol. The highest BCUT2D eigenvalue weighted by Gasteiger charge is 2.34. The van der Waals surface area contributed by atoms with Crippen LogP contribution in [-0.2, 0) is 20.7 Å². The summed E-state index contributed by atoms with van der Waals surface area (Å²) in [6.07, 6.45) is 7.00. The lowest BCUT2D eigenvalue weighted by molar-refractivity contribution is -0.141. The summed E-state index contributed by atoms with van der Waals surface area (Å²) in [5.74, 6) is 0.336. The Labute approximate surface area is 197 Å². The summed E-state index contributed by atoms with van der Waals surface area (Å²) < 4.78 is 5.70. The zero-order valence-corrected chi connectivity index (χ0v) is 19.7. The predicted octanol–water partition coefficient (Wildman–Crippen LogP) is 4.59. The molecule has 1 aliphatic carbocycles. The molecule has 1 saturated carbocycles. The predicted molar refractivity (Wildman–Crippen MR) is 130 cm³/mol. The van der Waals surface area contributed by atoms with Crippen molar-refractivity contribution in [2.45, 2.75) is 64.0 Å². The van der Waals surface area contributed by atoms with Gasteiger partial charge in [-0.2, -0.15) is 0 Å². The van der Waals surface area contributed by atoms with E-state index < -0.39 is 6.04 Å². The molecule has 33 heavy (non-hydrogen) atoms. The van der Waals surface area contributed by atoms with E-state index in [1.807, 2.05) is 66.4 Å². The first-order chi connectivity index (χ1) is 16.1. The van der Waals surface area contributed by atoms with Gasteiger partial charge in [0.05, 0.1) is 12.5 Å². The molecule has 0 bridgehead atoms. The standard InChI is InChI=1S/C28H36N2O3/c1-21-13-15-24(16-14-21)27(28(32)29-19-25-12-7-17-33-25)30(20-23-10-5-6-11-23)26(31)18-22-8-3-2-4-9-22/h2-4,8-9,13-16,23,25,27H,5-7,10-12,17-20H2,1H3,(H,29,32). The molecule has 1 heterocycles. The van der Waals surface area contributed by atoms with E-state index in [0.29, 0.717) is 25.4 Å². The van der Waals surface area contributed by atoms with Crippen molar-refractivity contribution in [3.05, 3.63) is 71.3 Å². The highest BCUT2D eigenvalue weighted by molar-refractivity contribution is 5.89. The van der Waals surface area contributed by atoms with Gasteiger partial charge >= 0.3 is 0 Å². The number of amides is 2. The van der Waals surface area contributed by atoms with Crippen molar-refractivity contribution < 1.29 is 14.3 Å². The SMILES string of the molecule is Cc1ccc(C(C(=O)NCC2CCCO2)N(CC2CCCC2)C(=O)Cc2ccccc2)cc1. The minimum absolute atomic E-state index is 0.00550. The van der Waals surface area contributed by atoms with E-state index in [1.165, 1.54) is 12.8 Å². The van der Waals surface area contributed by atoms with E-state index in [2.05, 4.69) is 5.32 Å². The van der Waals surface area contributed by atoms with Gasteiger partial charge in [-0.1, -0.05) is 73.0 Å². The number of hydrogen-bond acceptors (Lipinski definition) is 3. The molecule has 2 aliphatic rings. The second kappa shape index (κ2) is 11.5. The van der Waals surface area contributed by atoms with Crippen molar-refractivity contribution in [2.75, 3.05) is 19.7 Å². The summed E-state index contributed by atoms with van der Waals surface area (Å²) in [5, 5.41) is 3.10. The summed E-state index contributed by atoms with van der Waals surface area (Å²) in [7, 11) is 0. The Morgan fingerprint density at radius 2 is 1.73 bits per heavy atom. The molecule has 176 valence electrons. The lowest BCUT2D eigenvalue weighted by Crippen LogP contribution is -2.47. The number of carbonyl (C=O) groups is 2. The van der Waals surface area contributed by atoms with Crippen molar-refractivity contribution in [1.29, 1.82) is 0 Å². The summed E-state index contributed by atoms with van der Waals surface area (Å²) in [6.45, 7) is 3.90. The molecular weight excluding hydrogens is 412 g/mol. The van der Waals surface area contributed by atoms with E-state index in [4.69, 9.17) is 4.74 Å². The number of nitrogens with one attached hydrogen (secondary N) is 1. The maximum Gasteiger partial charge on any atom is 0.247 e. The highest BCUT2D eigenvalue weighted by atomic mass is 16.5.